The maximum atomic E-state index is 12.8. The Labute approximate surface area is 121 Å². The largest absolute Gasteiger partial charge is 0.416 e. The van der Waals surface area contributed by atoms with Crippen LogP contribution >= 0.6 is 0 Å². The number of carbonyl (C=O) groups is 1. The first-order valence-corrected chi connectivity index (χ1v) is 6.81. The Morgan fingerprint density at radius 3 is 2.71 bits per heavy atom. The number of halogens is 3. The van der Waals surface area contributed by atoms with Crippen molar-refractivity contribution in [2.45, 2.75) is 18.6 Å². The number of nitrogens with one attached hydrogen (secondary N) is 1. The summed E-state index contributed by atoms with van der Waals surface area (Å²) in [5.41, 5.74) is 4.95. The van der Waals surface area contributed by atoms with Crippen LogP contribution in [-0.2, 0) is 11.0 Å². The highest BCUT2D eigenvalue weighted by Gasteiger charge is 2.33. The monoisotopic (exact) mass is 301 g/mol. The Bertz CT molecular complexity index is 496. The van der Waals surface area contributed by atoms with E-state index in [1.165, 1.54) is 12.1 Å². The van der Waals surface area contributed by atoms with Crippen molar-refractivity contribution in [2.24, 2.45) is 5.73 Å². The van der Waals surface area contributed by atoms with Crippen molar-refractivity contribution in [1.82, 2.24) is 10.2 Å². The quantitative estimate of drug-likeness (QED) is 0.890. The first-order valence-electron chi connectivity index (χ1n) is 6.81. The molecule has 1 saturated heterocycles. The molecule has 1 unspecified atom stereocenters. The molecule has 1 aromatic rings. The van der Waals surface area contributed by atoms with Gasteiger partial charge in [0, 0.05) is 19.6 Å². The van der Waals surface area contributed by atoms with E-state index in [0.717, 1.165) is 25.1 Å². The van der Waals surface area contributed by atoms with Gasteiger partial charge in [-0.05, 0) is 30.7 Å². The van der Waals surface area contributed by atoms with Crippen LogP contribution in [0.5, 0.6) is 0 Å². The van der Waals surface area contributed by atoms with Crippen LogP contribution < -0.4 is 11.1 Å². The van der Waals surface area contributed by atoms with E-state index >= 15 is 0 Å². The number of nitrogens with two attached hydrogens (primary N) is 1. The predicted octanol–water partition coefficient (Wildman–Crippen LogP) is 1.53. The van der Waals surface area contributed by atoms with Crippen LogP contribution in [0.1, 0.15) is 23.6 Å². The fourth-order valence-electron chi connectivity index (χ4n) is 2.56. The lowest BCUT2D eigenvalue weighted by Crippen LogP contribution is -2.39. The van der Waals surface area contributed by atoms with E-state index in [1.54, 1.807) is 0 Å². The molecule has 116 valence electrons. The summed E-state index contributed by atoms with van der Waals surface area (Å²) in [6.07, 6.45) is -3.61. The smallest absolute Gasteiger partial charge is 0.368 e. The first kappa shape index (κ1) is 15.8. The second-order valence-electron chi connectivity index (χ2n) is 5.07. The van der Waals surface area contributed by atoms with Crippen LogP contribution in [0, 0.1) is 0 Å². The Balaban J connectivity index is 2.31. The number of carbonyl (C=O) groups excluding carboxylic acids is 1. The van der Waals surface area contributed by atoms with Gasteiger partial charge in [0.05, 0.1) is 5.56 Å². The van der Waals surface area contributed by atoms with Crippen molar-refractivity contribution in [3.8, 4) is 0 Å². The van der Waals surface area contributed by atoms with Crippen molar-refractivity contribution >= 4 is 5.91 Å². The molecule has 0 saturated carbocycles. The van der Waals surface area contributed by atoms with Crippen LogP contribution in [-0.4, -0.2) is 37.0 Å². The summed E-state index contributed by atoms with van der Waals surface area (Å²) in [6, 6.07) is 4.00. The molecular formula is C14H18F3N3O. The maximum absolute atomic E-state index is 12.8. The molecule has 1 atom stereocenters. The summed E-state index contributed by atoms with van der Waals surface area (Å²) in [7, 11) is 0. The molecule has 4 nitrogen and oxygen atoms in total. The molecule has 1 aliphatic heterocycles. The number of nitrogens with zero attached hydrogens (tertiary/aromatic N) is 1. The standard InChI is InChI=1S/C14H18F3N3O/c15-14(16,17)11-4-1-3-10(9-11)12(13(18)21)20-7-2-5-19-6-8-20/h1,3-4,9,12,19H,2,5-8H2,(H2,18,21). The van der Waals surface area contributed by atoms with Gasteiger partial charge in [-0.15, -0.1) is 0 Å². The zero-order valence-electron chi connectivity index (χ0n) is 11.5. The first-order chi connectivity index (χ1) is 9.89. The molecule has 0 bridgehead atoms. The molecule has 0 radical (unpaired) electrons. The van der Waals surface area contributed by atoms with Gasteiger partial charge in [-0.25, -0.2) is 0 Å². The topological polar surface area (TPSA) is 58.4 Å². The Kier molecular flexibility index (Phi) is 4.84. The van der Waals surface area contributed by atoms with Crippen molar-refractivity contribution in [3.05, 3.63) is 35.4 Å². The van der Waals surface area contributed by atoms with E-state index in [0.29, 0.717) is 25.2 Å². The van der Waals surface area contributed by atoms with Crippen LogP contribution in [0.25, 0.3) is 0 Å². The lowest BCUT2D eigenvalue weighted by molar-refractivity contribution is -0.137. The van der Waals surface area contributed by atoms with Gasteiger partial charge in [0.25, 0.3) is 0 Å². The second-order valence-corrected chi connectivity index (χ2v) is 5.07. The zero-order chi connectivity index (χ0) is 15.5. The molecule has 0 aliphatic carbocycles. The molecule has 7 heteroatoms. The molecule has 0 aromatic heterocycles. The zero-order valence-corrected chi connectivity index (χ0v) is 11.5. The summed E-state index contributed by atoms with van der Waals surface area (Å²) < 4.78 is 38.4. The Hall–Kier alpha value is -1.60. The fraction of sp³-hybridized carbons (Fsp3) is 0.500. The third-order valence-electron chi connectivity index (χ3n) is 3.54. The molecular weight excluding hydrogens is 283 g/mol. The maximum Gasteiger partial charge on any atom is 0.416 e. The van der Waals surface area contributed by atoms with Gasteiger partial charge in [-0.2, -0.15) is 13.2 Å². The minimum Gasteiger partial charge on any atom is -0.368 e. The van der Waals surface area contributed by atoms with Crippen molar-refractivity contribution in [2.75, 3.05) is 26.2 Å². The number of hydrogen-bond acceptors (Lipinski definition) is 3. The van der Waals surface area contributed by atoms with Crippen LogP contribution in [0.4, 0.5) is 13.2 Å². The highest BCUT2D eigenvalue weighted by Crippen LogP contribution is 2.32. The highest BCUT2D eigenvalue weighted by molar-refractivity contribution is 5.81. The van der Waals surface area contributed by atoms with Gasteiger partial charge in [0.15, 0.2) is 0 Å². The SMILES string of the molecule is NC(=O)C(c1cccc(C(F)(F)F)c1)N1CCCNCC1. The molecule has 1 aromatic carbocycles. The third kappa shape index (κ3) is 3.95. The normalized spacial score (nSPS) is 19.0. The molecule has 1 amide bonds. The molecule has 3 N–H and O–H groups in total. The van der Waals surface area contributed by atoms with E-state index < -0.39 is 23.7 Å². The number of benzene rings is 1. The average Bonchev–Trinajstić information content (AvgIpc) is 2.67. The minimum atomic E-state index is -4.43. The lowest BCUT2D eigenvalue weighted by Gasteiger charge is -2.28. The Morgan fingerprint density at radius 1 is 1.29 bits per heavy atom. The molecule has 1 fully saturated rings. The predicted molar refractivity (Wildman–Crippen MR) is 72.4 cm³/mol. The van der Waals surface area contributed by atoms with E-state index in [1.807, 2.05) is 4.90 Å². The van der Waals surface area contributed by atoms with Gasteiger partial charge in [0.2, 0.25) is 5.91 Å². The summed E-state index contributed by atoms with van der Waals surface area (Å²) in [6.45, 7) is 2.70. The van der Waals surface area contributed by atoms with Gasteiger partial charge in [0.1, 0.15) is 6.04 Å². The molecule has 2 rings (SSSR count). The van der Waals surface area contributed by atoms with Gasteiger partial charge in [-0.1, -0.05) is 12.1 Å². The number of rotatable bonds is 3. The molecule has 0 spiro atoms. The Morgan fingerprint density at radius 2 is 2.05 bits per heavy atom. The summed E-state index contributed by atoms with van der Waals surface area (Å²) in [5, 5.41) is 3.18. The summed E-state index contributed by atoms with van der Waals surface area (Å²) in [5.74, 6) is -0.628. The van der Waals surface area contributed by atoms with E-state index in [9.17, 15) is 18.0 Å². The van der Waals surface area contributed by atoms with Crippen molar-refractivity contribution < 1.29 is 18.0 Å². The van der Waals surface area contributed by atoms with Crippen LogP contribution in [0.15, 0.2) is 24.3 Å². The number of primary amides is 1. The number of alkyl halides is 3. The van der Waals surface area contributed by atoms with Gasteiger partial charge < -0.3 is 11.1 Å². The summed E-state index contributed by atoms with van der Waals surface area (Å²) in [4.78, 5) is 13.6. The average molecular weight is 301 g/mol. The minimum absolute atomic E-state index is 0.291. The van der Waals surface area contributed by atoms with Gasteiger partial charge >= 0.3 is 6.18 Å². The number of amides is 1. The van der Waals surface area contributed by atoms with E-state index in [2.05, 4.69) is 5.32 Å². The molecule has 1 heterocycles. The molecule has 1 aliphatic rings. The second kappa shape index (κ2) is 6.44. The highest BCUT2D eigenvalue weighted by atomic mass is 19.4. The van der Waals surface area contributed by atoms with E-state index in [4.69, 9.17) is 5.73 Å². The third-order valence-corrected chi connectivity index (χ3v) is 3.54. The summed E-state index contributed by atoms with van der Waals surface area (Å²) >= 11 is 0. The van der Waals surface area contributed by atoms with Crippen LogP contribution in [0.3, 0.4) is 0 Å². The van der Waals surface area contributed by atoms with Crippen LogP contribution in [0.2, 0.25) is 0 Å². The van der Waals surface area contributed by atoms with Crippen molar-refractivity contribution in [3.63, 3.8) is 0 Å². The molecule has 21 heavy (non-hydrogen) atoms. The fourth-order valence-corrected chi connectivity index (χ4v) is 2.56. The number of hydrogen-bond donors (Lipinski definition) is 2. The van der Waals surface area contributed by atoms with E-state index in [-0.39, 0.29) is 0 Å². The lowest BCUT2D eigenvalue weighted by atomic mass is 10.0. The van der Waals surface area contributed by atoms with Crippen molar-refractivity contribution in [1.29, 1.82) is 0 Å². The van der Waals surface area contributed by atoms with Gasteiger partial charge in [-0.3, -0.25) is 9.69 Å².